The fourth-order valence-electron chi connectivity index (χ4n) is 2.91. The van der Waals surface area contributed by atoms with Gasteiger partial charge in [0, 0.05) is 25.8 Å². The molecule has 10 nitrogen and oxygen atoms in total. The summed E-state index contributed by atoms with van der Waals surface area (Å²) in [4.78, 5) is 16.6. The van der Waals surface area contributed by atoms with Crippen LogP contribution in [0.25, 0.3) is 10.7 Å². The number of hydrogen-bond acceptors (Lipinski definition) is 8. The van der Waals surface area contributed by atoms with Gasteiger partial charge in [0.25, 0.3) is 0 Å². The van der Waals surface area contributed by atoms with Crippen LogP contribution in [0.2, 0.25) is 0 Å². The SMILES string of the molecule is O=C(NCc1ccc(S(=O)(=O)N2CCOCC2)cc1)Nc1nnc(-c2ccccn2)s1. The number of hydrogen-bond donors (Lipinski definition) is 2. The van der Waals surface area contributed by atoms with E-state index in [1.54, 1.807) is 30.5 Å². The second kappa shape index (κ2) is 9.47. The highest BCUT2D eigenvalue weighted by Crippen LogP contribution is 2.24. The largest absolute Gasteiger partial charge is 0.379 e. The number of carbonyl (C=O) groups is 1. The van der Waals surface area contributed by atoms with Crippen molar-refractivity contribution in [1.29, 1.82) is 0 Å². The molecule has 0 unspecified atom stereocenters. The van der Waals surface area contributed by atoms with Crippen LogP contribution < -0.4 is 10.6 Å². The first-order valence-electron chi connectivity index (χ1n) is 9.49. The first kappa shape index (κ1) is 21.3. The molecule has 3 heterocycles. The van der Waals surface area contributed by atoms with Gasteiger partial charge in [-0.15, -0.1) is 10.2 Å². The lowest BCUT2D eigenvalue weighted by Gasteiger charge is -2.26. The number of anilines is 1. The molecule has 2 aromatic heterocycles. The minimum atomic E-state index is -3.54. The second-order valence-corrected chi connectivity index (χ2v) is 9.51. The van der Waals surface area contributed by atoms with Crippen molar-refractivity contribution in [2.45, 2.75) is 11.4 Å². The molecule has 4 rings (SSSR count). The van der Waals surface area contributed by atoms with Crippen LogP contribution in [0.15, 0.2) is 53.6 Å². The Morgan fingerprint density at radius 2 is 1.87 bits per heavy atom. The van der Waals surface area contributed by atoms with Crippen LogP contribution in [0.3, 0.4) is 0 Å². The number of sulfonamides is 1. The average Bonchev–Trinajstić information content (AvgIpc) is 3.27. The van der Waals surface area contributed by atoms with E-state index in [4.69, 9.17) is 4.74 Å². The highest BCUT2D eigenvalue weighted by molar-refractivity contribution is 7.89. The van der Waals surface area contributed by atoms with E-state index in [-0.39, 0.29) is 11.4 Å². The van der Waals surface area contributed by atoms with Crippen LogP contribution in [-0.4, -0.2) is 60.2 Å². The number of rotatable bonds is 6. The maximum Gasteiger partial charge on any atom is 0.321 e. The first-order chi connectivity index (χ1) is 15.0. The van der Waals surface area contributed by atoms with Crippen molar-refractivity contribution in [2.75, 3.05) is 31.6 Å². The highest BCUT2D eigenvalue weighted by Gasteiger charge is 2.26. The molecule has 0 radical (unpaired) electrons. The molecule has 31 heavy (non-hydrogen) atoms. The molecule has 2 N–H and O–H groups in total. The standard InChI is InChI=1S/C19H20N6O4S2/c26-18(22-19-24-23-17(30-19)16-3-1-2-8-20-16)21-13-14-4-6-15(7-5-14)31(27,28)25-9-11-29-12-10-25/h1-8H,9-13H2,(H2,21,22,24,26). The van der Waals surface area contributed by atoms with Crippen LogP contribution in [0.1, 0.15) is 5.56 Å². The van der Waals surface area contributed by atoms with Crippen molar-refractivity contribution >= 4 is 32.5 Å². The van der Waals surface area contributed by atoms with Gasteiger partial charge in [0.2, 0.25) is 15.2 Å². The van der Waals surface area contributed by atoms with Crippen molar-refractivity contribution in [1.82, 2.24) is 24.8 Å². The molecule has 0 bridgehead atoms. The lowest BCUT2D eigenvalue weighted by molar-refractivity contribution is 0.0730. The number of ether oxygens (including phenoxy) is 1. The summed E-state index contributed by atoms with van der Waals surface area (Å²) < 4.78 is 31.9. The number of morpholine rings is 1. The fourth-order valence-corrected chi connectivity index (χ4v) is 5.03. The molecule has 1 aliphatic heterocycles. The van der Waals surface area contributed by atoms with Gasteiger partial charge in [-0.25, -0.2) is 13.2 Å². The Morgan fingerprint density at radius 3 is 2.58 bits per heavy atom. The molecule has 12 heteroatoms. The van der Waals surface area contributed by atoms with E-state index in [0.29, 0.717) is 42.1 Å². The van der Waals surface area contributed by atoms with E-state index in [2.05, 4.69) is 25.8 Å². The van der Waals surface area contributed by atoms with Crippen molar-refractivity contribution < 1.29 is 17.9 Å². The lowest BCUT2D eigenvalue weighted by atomic mass is 10.2. The number of nitrogens with one attached hydrogen (secondary N) is 2. The molecule has 3 aromatic rings. The first-order valence-corrected chi connectivity index (χ1v) is 11.7. The van der Waals surface area contributed by atoms with Gasteiger partial charge in [-0.3, -0.25) is 10.3 Å². The van der Waals surface area contributed by atoms with Crippen LogP contribution >= 0.6 is 11.3 Å². The van der Waals surface area contributed by atoms with Gasteiger partial charge in [0.05, 0.1) is 18.1 Å². The van der Waals surface area contributed by atoms with E-state index in [0.717, 1.165) is 5.56 Å². The molecule has 2 amide bonds. The summed E-state index contributed by atoms with van der Waals surface area (Å²) in [5.41, 5.74) is 1.45. The Morgan fingerprint density at radius 1 is 1.10 bits per heavy atom. The number of pyridine rings is 1. The van der Waals surface area contributed by atoms with Gasteiger partial charge in [-0.05, 0) is 29.8 Å². The van der Waals surface area contributed by atoms with Crippen LogP contribution in [-0.2, 0) is 21.3 Å². The molecule has 0 saturated carbocycles. The van der Waals surface area contributed by atoms with Gasteiger partial charge >= 0.3 is 6.03 Å². The summed E-state index contributed by atoms with van der Waals surface area (Å²) in [6, 6.07) is 11.5. The molecule has 1 aliphatic rings. The summed E-state index contributed by atoms with van der Waals surface area (Å²) in [6.07, 6.45) is 1.66. The van der Waals surface area contributed by atoms with Crippen LogP contribution in [0, 0.1) is 0 Å². The molecular formula is C19H20N6O4S2. The van der Waals surface area contributed by atoms with Crippen LogP contribution in [0.5, 0.6) is 0 Å². The van der Waals surface area contributed by atoms with Gasteiger partial charge in [-0.1, -0.05) is 29.5 Å². The van der Waals surface area contributed by atoms with E-state index < -0.39 is 16.1 Å². The molecular weight excluding hydrogens is 440 g/mol. The number of urea groups is 1. The van der Waals surface area contributed by atoms with Crippen molar-refractivity contribution in [3.63, 3.8) is 0 Å². The topological polar surface area (TPSA) is 126 Å². The van der Waals surface area contributed by atoms with Crippen molar-refractivity contribution in [3.05, 3.63) is 54.2 Å². The third-order valence-corrected chi connectivity index (χ3v) is 7.29. The molecule has 1 fully saturated rings. The summed E-state index contributed by atoms with van der Waals surface area (Å²) >= 11 is 1.22. The van der Waals surface area contributed by atoms with Gasteiger partial charge in [-0.2, -0.15) is 4.31 Å². The van der Waals surface area contributed by atoms with E-state index in [1.807, 2.05) is 18.2 Å². The van der Waals surface area contributed by atoms with E-state index >= 15 is 0 Å². The summed E-state index contributed by atoms with van der Waals surface area (Å²) in [5.74, 6) is 0. The molecule has 1 aromatic carbocycles. The Hall–Kier alpha value is -2.93. The summed E-state index contributed by atoms with van der Waals surface area (Å²) in [7, 11) is -3.54. The third kappa shape index (κ3) is 5.22. The van der Waals surface area contributed by atoms with E-state index in [1.165, 1.54) is 15.6 Å². The number of aromatic nitrogens is 3. The van der Waals surface area contributed by atoms with Crippen LogP contribution in [0.4, 0.5) is 9.93 Å². The maximum atomic E-state index is 12.6. The van der Waals surface area contributed by atoms with Gasteiger partial charge in [0.15, 0.2) is 5.01 Å². The summed E-state index contributed by atoms with van der Waals surface area (Å²) in [6.45, 7) is 1.72. The molecule has 0 atom stereocenters. The van der Waals surface area contributed by atoms with Crippen molar-refractivity contribution in [3.8, 4) is 10.7 Å². The molecule has 0 aliphatic carbocycles. The van der Waals surface area contributed by atoms with Gasteiger partial charge in [0.1, 0.15) is 5.69 Å². The zero-order valence-corrected chi connectivity index (χ0v) is 18.0. The minimum absolute atomic E-state index is 0.221. The normalized spacial score (nSPS) is 14.8. The predicted molar refractivity (Wildman–Crippen MR) is 115 cm³/mol. The third-order valence-electron chi connectivity index (χ3n) is 4.51. The number of amides is 2. The maximum absolute atomic E-state index is 12.6. The zero-order chi connectivity index (χ0) is 21.7. The zero-order valence-electron chi connectivity index (χ0n) is 16.4. The Bertz CT molecular complexity index is 1130. The average molecular weight is 461 g/mol. The highest BCUT2D eigenvalue weighted by atomic mass is 32.2. The fraction of sp³-hybridized carbons (Fsp3) is 0.263. The summed E-state index contributed by atoms with van der Waals surface area (Å²) in [5, 5.41) is 14.3. The van der Waals surface area contributed by atoms with Gasteiger partial charge < -0.3 is 10.1 Å². The Balaban J connectivity index is 1.31. The predicted octanol–water partition coefficient (Wildman–Crippen LogP) is 1.94. The number of benzene rings is 1. The lowest BCUT2D eigenvalue weighted by Crippen LogP contribution is -2.40. The monoisotopic (exact) mass is 460 g/mol. The van der Waals surface area contributed by atoms with Crippen molar-refractivity contribution in [2.24, 2.45) is 0 Å². The molecule has 162 valence electrons. The van der Waals surface area contributed by atoms with E-state index in [9.17, 15) is 13.2 Å². The molecule has 0 spiro atoms. The molecule has 1 saturated heterocycles. The number of nitrogens with zero attached hydrogens (tertiary/aromatic N) is 4. The smallest absolute Gasteiger partial charge is 0.321 e. The quantitative estimate of drug-likeness (QED) is 0.576. The second-order valence-electron chi connectivity index (χ2n) is 6.60. The minimum Gasteiger partial charge on any atom is -0.379 e. The Kier molecular flexibility index (Phi) is 6.51. The Labute approximate surface area is 183 Å². The number of carbonyl (C=O) groups excluding carboxylic acids is 1.